The Kier molecular flexibility index (Phi) is 6.81. The number of carbonyl (C=O) groups is 1. The third kappa shape index (κ3) is 4.59. The maximum atomic E-state index is 11.3. The minimum atomic E-state index is -0.707. The average Bonchev–Trinajstić information content (AvgIpc) is 2.70. The maximum absolute atomic E-state index is 11.3. The summed E-state index contributed by atoms with van der Waals surface area (Å²) in [6.45, 7) is 3.93. The molecule has 1 aliphatic rings. The van der Waals surface area contributed by atoms with Gasteiger partial charge in [0.2, 0.25) is 0 Å². The van der Waals surface area contributed by atoms with Crippen LogP contribution in [-0.2, 0) is 4.79 Å². The van der Waals surface area contributed by atoms with E-state index in [-0.39, 0.29) is 12.0 Å². The number of rotatable bonds is 7. The van der Waals surface area contributed by atoms with Crippen LogP contribution in [0.5, 0.6) is 11.5 Å². The number of halogens is 1. The highest BCUT2D eigenvalue weighted by atomic mass is 35.5. The second-order valence-electron chi connectivity index (χ2n) is 6.95. The largest absolute Gasteiger partial charge is 0.493 e. The summed E-state index contributed by atoms with van der Waals surface area (Å²) in [4.78, 5) is 13.7. The van der Waals surface area contributed by atoms with Crippen molar-refractivity contribution < 1.29 is 19.4 Å². The van der Waals surface area contributed by atoms with Crippen molar-refractivity contribution in [1.82, 2.24) is 4.90 Å². The second kappa shape index (κ2) is 9.30. The fraction of sp³-hybridized carbons (Fsp3) is 0.409. The highest BCUT2D eigenvalue weighted by Crippen LogP contribution is 2.37. The molecule has 1 fully saturated rings. The SMILES string of the molecule is CCOc1ccc(C(c2cccc(Cl)c2)N2CCC(C(=O)O)CC2)cc1OC. The standard InChI is InChI=1S/C22H26ClNO4/c1-3-28-19-8-7-17(14-20(19)27-2)21(16-5-4-6-18(23)13-16)24-11-9-15(10-12-24)22(25)26/h4-8,13-15,21H,3,9-12H2,1-2H3,(H,25,26). The number of piperidine rings is 1. The summed E-state index contributed by atoms with van der Waals surface area (Å²) in [5.41, 5.74) is 2.14. The van der Waals surface area contributed by atoms with Crippen molar-refractivity contribution in [1.29, 1.82) is 0 Å². The number of methoxy groups -OCH3 is 1. The number of hydrogen-bond acceptors (Lipinski definition) is 4. The van der Waals surface area contributed by atoms with E-state index in [2.05, 4.69) is 11.0 Å². The highest BCUT2D eigenvalue weighted by molar-refractivity contribution is 6.30. The molecule has 1 N–H and O–H groups in total. The van der Waals surface area contributed by atoms with E-state index in [0.717, 1.165) is 11.1 Å². The first-order valence-electron chi connectivity index (χ1n) is 9.56. The first-order chi connectivity index (χ1) is 13.5. The zero-order chi connectivity index (χ0) is 20.1. The van der Waals surface area contributed by atoms with Crippen LogP contribution < -0.4 is 9.47 Å². The first kappa shape index (κ1) is 20.5. The van der Waals surface area contributed by atoms with Crippen LogP contribution in [0.4, 0.5) is 0 Å². The van der Waals surface area contributed by atoms with Crippen LogP contribution in [0, 0.1) is 5.92 Å². The number of ether oxygens (including phenoxy) is 2. The van der Waals surface area contributed by atoms with Gasteiger partial charge in [-0.15, -0.1) is 0 Å². The van der Waals surface area contributed by atoms with Gasteiger partial charge in [-0.25, -0.2) is 0 Å². The van der Waals surface area contributed by atoms with Crippen molar-refractivity contribution in [3.63, 3.8) is 0 Å². The monoisotopic (exact) mass is 403 g/mol. The molecule has 0 bridgehead atoms. The van der Waals surface area contributed by atoms with Crippen LogP contribution in [0.3, 0.4) is 0 Å². The quantitative estimate of drug-likeness (QED) is 0.730. The van der Waals surface area contributed by atoms with Gasteiger partial charge >= 0.3 is 5.97 Å². The molecule has 2 aromatic carbocycles. The van der Waals surface area contributed by atoms with E-state index in [0.29, 0.717) is 49.1 Å². The molecule has 0 aliphatic carbocycles. The van der Waals surface area contributed by atoms with Gasteiger partial charge in [-0.1, -0.05) is 29.8 Å². The smallest absolute Gasteiger partial charge is 0.306 e. The van der Waals surface area contributed by atoms with E-state index in [1.165, 1.54) is 0 Å². The number of likely N-dealkylation sites (tertiary alicyclic amines) is 1. The van der Waals surface area contributed by atoms with Crippen LogP contribution >= 0.6 is 11.6 Å². The van der Waals surface area contributed by atoms with Crippen molar-refractivity contribution in [2.75, 3.05) is 26.8 Å². The summed E-state index contributed by atoms with van der Waals surface area (Å²) in [6.07, 6.45) is 1.28. The molecule has 1 unspecified atom stereocenters. The molecular weight excluding hydrogens is 378 g/mol. The Hall–Kier alpha value is -2.24. The third-order valence-electron chi connectivity index (χ3n) is 5.21. The van der Waals surface area contributed by atoms with Crippen LogP contribution in [0.2, 0.25) is 5.02 Å². The molecule has 28 heavy (non-hydrogen) atoms. The molecule has 6 heteroatoms. The van der Waals surface area contributed by atoms with Crippen LogP contribution in [0.1, 0.15) is 36.9 Å². The number of nitrogens with zero attached hydrogens (tertiary/aromatic N) is 1. The molecule has 1 heterocycles. The number of carboxylic acids is 1. The average molecular weight is 404 g/mol. The number of benzene rings is 2. The van der Waals surface area contributed by atoms with E-state index >= 15 is 0 Å². The van der Waals surface area contributed by atoms with Crippen molar-refractivity contribution in [2.24, 2.45) is 5.92 Å². The van der Waals surface area contributed by atoms with E-state index in [1.807, 2.05) is 43.3 Å². The minimum Gasteiger partial charge on any atom is -0.493 e. The first-order valence-corrected chi connectivity index (χ1v) is 9.94. The van der Waals surface area contributed by atoms with Crippen molar-refractivity contribution in [3.8, 4) is 11.5 Å². The van der Waals surface area contributed by atoms with E-state index in [1.54, 1.807) is 7.11 Å². The molecule has 1 atom stereocenters. The molecule has 0 radical (unpaired) electrons. The maximum Gasteiger partial charge on any atom is 0.306 e. The normalized spacial score (nSPS) is 16.5. The lowest BCUT2D eigenvalue weighted by molar-refractivity contribution is -0.143. The molecule has 0 amide bonds. The molecule has 1 saturated heterocycles. The Bertz CT molecular complexity index is 818. The molecule has 1 aliphatic heterocycles. The van der Waals surface area contributed by atoms with Gasteiger partial charge in [0.15, 0.2) is 11.5 Å². The minimum absolute atomic E-state index is 0.0296. The summed E-state index contributed by atoms with van der Waals surface area (Å²) in [5.74, 6) is 0.419. The van der Waals surface area contributed by atoms with Gasteiger partial charge in [-0.2, -0.15) is 0 Å². The van der Waals surface area contributed by atoms with Crippen molar-refractivity contribution in [2.45, 2.75) is 25.8 Å². The lowest BCUT2D eigenvalue weighted by atomic mass is 9.91. The van der Waals surface area contributed by atoms with Gasteiger partial charge in [-0.05, 0) is 68.2 Å². The zero-order valence-electron chi connectivity index (χ0n) is 16.2. The predicted octanol–water partition coefficient (Wildman–Crippen LogP) is 4.63. The Morgan fingerprint density at radius 1 is 1.18 bits per heavy atom. The summed E-state index contributed by atoms with van der Waals surface area (Å²) in [7, 11) is 1.63. The Labute approximate surface area is 170 Å². The fourth-order valence-corrected chi connectivity index (χ4v) is 4.02. The summed E-state index contributed by atoms with van der Waals surface area (Å²) < 4.78 is 11.2. The topological polar surface area (TPSA) is 59.0 Å². The third-order valence-corrected chi connectivity index (χ3v) is 5.45. The Balaban J connectivity index is 1.96. The van der Waals surface area contributed by atoms with E-state index < -0.39 is 5.97 Å². The van der Waals surface area contributed by atoms with Crippen LogP contribution in [0.25, 0.3) is 0 Å². The van der Waals surface area contributed by atoms with Crippen LogP contribution in [-0.4, -0.2) is 42.8 Å². The van der Waals surface area contributed by atoms with Gasteiger partial charge in [0.05, 0.1) is 25.7 Å². The fourth-order valence-electron chi connectivity index (χ4n) is 3.82. The summed E-state index contributed by atoms with van der Waals surface area (Å²) >= 11 is 6.26. The molecule has 2 aromatic rings. The van der Waals surface area contributed by atoms with Gasteiger partial charge < -0.3 is 14.6 Å². The summed E-state index contributed by atoms with van der Waals surface area (Å²) in [5, 5.41) is 10.00. The number of carboxylic acid groups (broad SMARTS) is 1. The van der Waals surface area contributed by atoms with E-state index in [4.69, 9.17) is 21.1 Å². The molecule has 0 aromatic heterocycles. The van der Waals surface area contributed by atoms with E-state index in [9.17, 15) is 9.90 Å². The molecule has 0 spiro atoms. The highest BCUT2D eigenvalue weighted by Gasteiger charge is 2.30. The van der Waals surface area contributed by atoms with Crippen molar-refractivity contribution >= 4 is 17.6 Å². The predicted molar refractivity (Wildman–Crippen MR) is 109 cm³/mol. The Morgan fingerprint density at radius 3 is 2.50 bits per heavy atom. The van der Waals surface area contributed by atoms with Crippen LogP contribution in [0.15, 0.2) is 42.5 Å². The van der Waals surface area contributed by atoms with Gasteiger partial charge in [-0.3, -0.25) is 9.69 Å². The van der Waals surface area contributed by atoms with Crippen molar-refractivity contribution in [3.05, 3.63) is 58.6 Å². The van der Waals surface area contributed by atoms with Gasteiger partial charge in [0.1, 0.15) is 0 Å². The van der Waals surface area contributed by atoms with Gasteiger partial charge in [0, 0.05) is 5.02 Å². The molecule has 3 rings (SSSR count). The lowest BCUT2D eigenvalue weighted by Crippen LogP contribution is -2.39. The molecule has 5 nitrogen and oxygen atoms in total. The second-order valence-corrected chi connectivity index (χ2v) is 7.39. The Morgan fingerprint density at radius 2 is 1.89 bits per heavy atom. The molecule has 0 saturated carbocycles. The molecular formula is C22H26ClNO4. The number of hydrogen-bond donors (Lipinski definition) is 1. The summed E-state index contributed by atoms with van der Waals surface area (Å²) in [6, 6.07) is 13.8. The molecule has 150 valence electrons. The lowest BCUT2D eigenvalue weighted by Gasteiger charge is -2.37. The zero-order valence-corrected chi connectivity index (χ0v) is 17.0. The number of aliphatic carboxylic acids is 1. The van der Waals surface area contributed by atoms with Gasteiger partial charge in [0.25, 0.3) is 0 Å².